The molecule has 7 nitrogen and oxygen atoms in total. The van der Waals surface area contributed by atoms with Crippen molar-refractivity contribution in [3.8, 4) is 28.7 Å². The number of methoxy groups -OCH3 is 4. The highest BCUT2D eigenvalue weighted by Gasteiger charge is 2.36. The summed E-state index contributed by atoms with van der Waals surface area (Å²) in [6.45, 7) is 1.38. The van der Waals surface area contributed by atoms with Crippen LogP contribution in [0.4, 0.5) is 0 Å². The molecule has 0 aliphatic carbocycles. The van der Waals surface area contributed by atoms with Gasteiger partial charge >= 0.3 is 5.97 Å². The highest BCUT2D eigenvalue weighted by Crippen LogP contribution is 2.47. The second-order valence-corrected chi connectivity index (χ2v) is 6.29. The van der Waals surface area contributed by atoms with Crippen molar-refractivity contribution in [3.05, 3.63) is 41.5 Å². The summed E-state index contributed by atoms with van der Waals surface area (Å²) in [4.78, 5) is 11.7. The standard InChI is InChI=1S/C21H24O7/c1-12(22)27-18-11-14-7-9-16(24-3)21(26-5)20(14)28-19(18)13-6-8-15(23-2)17(10-13)25-4/h6-10,18-19H,11H2,1-5H3. The molecular weight excluding hydrogens is 364 g/mol. The summed E-state index contributed by atoms with van der Waals surface area (Å²) in [6.07, 6.45) is -0.563. The summed E-state index contributed by atoms with van der Waals surface area (Å²) >= 11 is 0. The summed E-state index contributed by atoms with van der Waals surface area (Å²) in [6, 6.07) is 9.17. The van der Waals surface area contributed by atoms with E-state index < -0.39 is 12.2 Å². The van der Waals surface area contributed by atoms with Gasteiger partial charge in [-0.2, -0.15) is 0 Å². The van der Waals surface area contributed by atoms with Crippen LogP contribution >= 0.6 is 0 Å². The third-order valence-corrected chi connectivity index (χ3v) is 4.64. The Bertz CT molecular complexity index is 862. The number of esters is 1. The molecule has 1 aliphatic heterocycles. The Morgan fingerprint density at radius 1 is 0.929 bits per heavy atom. The van der Waals surface area contributed by atoms with E-state index in [2.05, 4.69) is 0 Å². The summed E-state index contributed by atoms with van der Waals surface area (Å²) in [7, 11) is 6.27. The van der Waals surface area contributed by atoms with Gasteiger partial charge in [-0.25, -0.2) is 0 Å². The minimum atomic E-state index is -0.544. The fraction of sp³-hybridized carbons (Fsp3) is 0.381. The van der Waals surface area contributed by atoms with E-state index in [-0.39, 0.29) is 5.97 Å². The van der Waals surface area contributed by atoms with Gasteiger partial charge in [-0.05, 0) is 18.2 Å². The highest BCUT2D eigenvalue weighted by molar-refractivity contribution is 5.66. The zero-order chi connectivity index (χ0) is 20.3. The molecule has 0 amide bonds. The normalized spacial score (nSPS) is 17.8. The number of hydrogen-bond acceptors (Lipinski definition) is 7. The van der Waals surface area contributed by atoms with Gasteiger partial charge in [-0.15, -0.1) is 0 Å². The maximum atomic E-state index is 11.7. The van der Waals surface area contributed by atoms with E-state index in [1.807, 2.05) is 24.3 Å². The zero-order valence-corrected chi connectivity index (χ0v) is 16.6. The fourth-order valence-corrected chi connectivity index (χ4v) is 3.39. The van der Waals surface area contributed by atoms with E-state index in [1.165, 1.54) is 6.92 Å². The Morgan fingerprint density at radius 3 is 2.21 bits per heavy atom. The molecule has 0 spiro atoms. The summed E-state index contributed by atoms with van der Waals surface area (Å²) in [5, 5.41) is 0. The van der Waals surface area contributed by atoms with Crippen molar-refractivity contribution < 1.29 is 33.2 Å². The maximum absolute atomic E-state index is 11.7. The van der Waals surface area contributed by atoms with Gasteiger partial charge in [0.2, 0.25) is 5.75 Å². The molecule has 2 unspecified atom stereocenters. The first-order chi connectivity index (χ1) is 13.5. The number of fused-ring (bicyclic) bond motifs is 1. The van der Waals surface area contributed by atoms with Crippen molar-refractivity contribution in [2.45, 2.75) is 25.6 Å². The second kappa shape index (κ2) is 8.29. The van der Waals surface area contributed by atoms with E-state index in [1.54, 1.807) is 34.5 Å². The maximum Gasteiger partial charge on any atom is 0.303 e. The van der Waals surface area contributed by atoms with Gasteiger partial charge in [0.15, 0.2) is 29.1 Å². The molecule has 3 rings (SSSR count). The molecule has 1 aliphatic rings. The van der Waals surface area contributed by atoms with Crippen LogP contribution in [-0.2, 0) is 16.0 Å². The lowest BCUT2D eigenvalue weighted by Gasteiger charge is -2.34. The Kier molecular flexibility index (Phi) is 5.82. The molecule has 150 valence electrons. The topological polar surface area (TPSA) is 72.5 Å². The minimum absolute atomic E-state index is 0.372. The monoisotopic (exact) mass is 388 g/mol. The van der Waals surface area contributed by atoms with Crippen molar-refractivity contribution in [3.63, 3.8) is 0 Å². The van der Waals surface area contributed by atoms with Gasteiger partial charge in [-0.3, -0.25) is 4.79 Å². The third kappa shape index (κ3) is 3.65. The van der Waals surface area contributed by atoms with Gasteiger partial charge in [0.1, 0.15) is 6.10 Å². The van der Waals surface area contributed by atoms with Crippen molar-refractivity contribution in [2.75, 3.05) is 28.4 Å². The smallest absolute Gasteiger partial charge is 0.303 e. The lowest BCUT2D eigenvalue weighted by molar-refractivity contribution is -0.152. The van der Waals surface area contributed by atoms with Gasteiger partial charge in [0.25, 0.3) is 0 Å². The molecule has 0 radical (unpaired) electrons. The Hall–Kier alpha value is -3.09. The van der Waals surface area contributed by atoms with Gasteiger partial charge < -0.3 is 28.4 Å². The van der Waals surface area contributed by atoms with Crippen LogP contribution in [0.1, 0.15) is 24.2 Å². The molecule has 2 atom stereocenters. The molecule has 0 N–H and O–H groups in total. The fourth-order valence-electron chi connectivity index (χ4n) is 3.39. The molecule has 0 aromatic heterocycles. The molecule has 0 saturated heterocycles. The van der Waals surface area contributed by atoms with Crippen LogP contribution in [0.15, 0.2) is 30.3 Å². The second-order valence-electron chi connectivity index (χ2n) is 6.29. The summed E-state index contributed by atoms with van der Waals surface area (Å²) in [5.74, 6) is 2.44. The summed E-state index contributed by atoms with van der Waals surface area (Å²) in [5.41, 5.74) is 1.67. The van der Waals surface area contributed by atoms with E-state index >= 15 is 0 Å². The zero-order valence-electron chi connectivity index (χ0n) is 16.6. The van der Waals surface area contributed by atoms with Crippen molar-refractivity contribution in [2.24, 2.45) is 0 Å². The van der Waals surface area contributed by atoms with Crippen LogP contribution in [0.25, 0.3) is 0 Å². The number of hydrogen-bond donors (Lipinski definition) is 0. The van der Waals surface area contributed by atoms with Crippen LogP contribution in [-0.4, -0.2) is 40.5 Å². The van der Waals surface area contributed by atoms with Gasteiger partial charge in [0, 0.05) is 24.5 Å². The molecular formula is C21H24O7. The van der Waals surface area contributed by atoms with Gasteiger partial charge in [0.05, 0.1) is 28.4 Å². The highest BCUT2D eigenvalue weighted by atomic mass is 16.6. The SMILES string of the molecule is COc1ccc(C2Oc3c(ccc(OC)c3OC)CC2OC(C)=O)cc1OC. The average Bonchev–Trinajstić information content (AvgIpc) is 2.71. The lowest BCUT2D eigenvalue weighted by atomic mass is 9.93. The molecule has 7 heteroatoms. The number of ether oxygens (including phenoxy) is 6. The van der Waals surface area contributed by atoms with E-state index in [0.29, 0.717) is 35.2 Å². The number of benzene rings is 2. The largest absolute Gasteiger partial charge is 0.493 e. The minimum Gasteiger partial charge on any atom is -0.493 e. The van der Waals surface area contributed by atoms with Crippen LogP contribution in [0.5, 0.6) is 28.7 Å². The molecule has 2 aromatic carbocycles. The van der Waals surface area contributed by atoms with Crippen molar-refractivity contribution in [1.29, 1.82) is 0 Å². The van der Waals surface area contributed by atoms with Crippen LogP contribution in [0.3, 0.4) is 0 Å². The molecule has 2 aromatic rings. The molecule has 1 heterocycles. The molecule has 0 bridgehead atoms. The molecule has 0 fully saturated rings. The first-order valence-corrected chi connectivity index (χ1v) is 8.82. The molecule has 28 heavy (non-hydrogen) atoms. The lowest BCUT2D eigenvalue weighted by Crippen LogP contribution is -2.34. The number of rotatable bonds is 6. The predicted octanol–water partition coefficient (Wildman–Crippen LogP) is 3.33. The quantitative estimate of drug-likeness (QED) is 0.703. The predicted molar refractivity (Wildman–Crippen MR) is 102 cm³/mol. The van der Waals surface area contributed by atoms with E-state index in [0.717, 1.165) is 11.1 Å². The average molecular weight is 388 g/mol. The van der Waals surface area contributed by atoms with Gasteiger partial charge in [-0.1, -0.05) is 12.1 Å². The summed E-state index contributed by atoms with van der Waals surface area (Å²) < 4.78 is 33.5. The van der Waals surface area contributed by atoms with Crippen LogP contribution in [0, 0.1) is 0 Å². The van der Waals surface area contributed by atoms with Crippen molar-refractivity contribution in [1.82, 2.24) is 0 Å². The molecule has 0 saturated carbocycles. The first-order valence-electron chi connectivity index (χ1n) is 8.82. The van der Waals surface area contributed by atoms with E-state index in [4.69, 9.17) is 28.4 Å². The number of carbonyl (C=O) groups is 1. The first kappa shape index (κ1) is 19.7. The third-order valence-electron chi connectivity index (χ3n) is 4.64. The Balaban J connectivity index is 2.07. The Labute approximate surface area is 164 Å². The van der Waals surface area contributed by atoms with Crippen molar-refractivity contribution >= 4 is 5.97 Å². The van der Waals surface area contributed by atoms with Crippen LogP contribution in [0.2, 0.25) is 0 Å². The van der Waals surface area contributed by atoms with E-state index in [9.17, 15) is 4.79 Å². The Morgan fingerprint density at radius 2 is 1.61 bits per heavy atom. The van der Waals surface area contributed by atoms with Crippen LogP contribution < -0.4 is 23.7 Å². The number of carbonyl (C=O) groups excluding carboxylic acids is 1.